The molecule has 1 heterocycles. The van der Waals surface area contributed by atoms with Gasteiger partial charge in [0.05, 0.1) is 24.2 Å². The first-order chi connectivity index (χ1) is 10.2. The quantitative estimate of drug-likeness (QED) is 0.923. The van der Waals surface area contributed by atoms with Crippen molar-refractivity contribution >= 4 is 10.8 Å². The summed E-state index contributed by atoms with van der Waals surface area (Å²) >= 11 is 0. The molecule has 0 bridgehead atoms. The number of hydrogen-bond acceptors (Lipinski definition) is 4. The maximum Gasteiger partial charge on any atom is 0.119 e. The summed E-state index contributed by atoms with van der Waals surface area (Å²) in [6, 6.07) is 5.86. The highest BCUT2D eigenvalue weighted by Gasteiger charge is 2.33. The van der Waals surface area contributed by atoms with Gasteiger partial charge in [0.2, 0.25) is 0 Å². The van der Waals surface area contributed by atoms with Crippen LogP contribution in [0, 0.1) is 0 Å². The Bertz CT molecular complexity index is 528. The fourth-order valence-corrected chi connectivity index (χ4v) is 5.04. The molecule has 1 aromatic carbocycles. The summed E-state index contributed by atoms with van der Waals surface area (Å²) in [4.78, 5) is 0. The van der Waals surface area contributed by atoms with E-state index in [9.17, 15) is 4.21 Å². The molecular formula is C16H23NO3S. The van der Waals surface area contributed by atoms with Gasteiger partial charge in [-0.05, 0) is 48.9 Å². The molecule has 0 radical (unpaired) electrons. The minimum atomic E-state index is -0.922. The summed E-state index contributed by atoms with van der Waals surface area (Å²) in [5.41, 5.74) is 8.73. The molecule has 1 saturated heterocycles. The van der Waals surface area contributed by atoms with E-state index >= 15 is 0 Å². The maximum atomic E-state index is 12.6. The van der Waals surface area contributed by atoms with Crippen LogP contribution in [0.15, 0.2) is 18.2 Å². The van der Waals surface area contributed by atoms with E-state index in [1.807, 2.05) is 12.1 Å². The van der Waals surface area contributed by atoms with Crippen molar-refractivity contribution in [2.24, 2.45) is 5.73 Å². The largest absolute Gasteiger partial charge is 0.497 e. The van der Waals surface area contributed by atoms with Gasteiger partial charge >= 0.3 is 0 Å². The van der Waals surface area contributed by atoms with Gasteiger partial charge in [-0.25, -0.2) is 0 Å². The Morgan fingerprint density at radius 1 is 1.43 bits per heavy atom. The van der Waals surface area contributed by atoms with E-state index in [1.54, 1.807) is 7.11 Å². The second kappa shape index (κ2) is 6.46. The first-order valence-electron chi connectivity index (χ1n) is 7.60. The number of methoxy groups -OCH3 is 1. The first kappa shape index (κ1) is 15.0. The zero-order valence-corrected chi connectivity index (χ0v) is 13.2. The summed E-state index contributed by atoms with van der Waals surface area (Å²) in [6.07, 6.45) is 4.07. The standard InChI is InChI=1S/C16H23NO3S/c1-19-12-5-6-14-11(9-12)4-7-15(16(14)17)21(18)10-13-3-2-8-20-13/h5-6,9,13,15-16H,2-4,7-8,10,17H2,1H3. The van der Waals surface area contributed by atoms with Gasteiger partial charge < -0.3 is 15.2 Å². The summed E-state index contributed by atoms with van der Waals surface area (Å²) in [5.74, 6) is 1.49. The second-order valence-electron chi connectivity index (χ2n) is 5.85. The van der Waals surface area contributed by atoms with Crippen molar-refractivity contribution in [1.29, 1.82) is 0 Å². The van der Waals surface area contributed by atoms with Crippen molar-refractivity contribution in [2.75, 3.05) is 19.5 Å². The molecule has 3 rings (SSSR count). The molecule has 1 fully saturated rings. The lowest BCUT2D eigenvalue weighted by Crippen LogP contribution is -2.37. The van der Waals surface area contributed by atoms with Crippen molar-refractivity contribution in [3.8, 4) is 5.75 Å². The Morgan fingerprint density at radius 3 is 3.00 bits per heavy atom. The van der Waals surface area contributed by atoms with Crippen LogP contribution in [0.5, 0.6) is 5.75 Å². The van der Waals surface area contributed by atoms with Crippen LogP contribution in [0.1, 0.15) is 36.4 Å². The molecular weight excluding hydrogens is 286 g/mol. The smallest absolute Gasteiger partial charge is 0.119 e. The van der Waals surface area contributed by atoms with E-state index in [4.69, 9.17) is 15.2 Å². The molecule has 4 unspecified atom stereocenters. The predicted octanol–water partition coefficient (Wildman–Crippen LogP) is 1.94. The minimum absolute atomic E-state index is 0.0371. The summed E-state index contributed by atoms with van der Waals surface area (Å²) in [5, 5.41) is 0.0371. The number of ether oxygens (including phenoxy) is 2. The van der Waals surface area contributed by atoms with E-state index in [-0.39, 0.29) is 17.4 Å². The molecule has 5 heteroatoms. The van der Waals surface area contributed by atoms with Crippen LogP contribution in [0.2, 0.25) is 0 Å². The monoisotopic (exact) mass is 309 g/mol. The average molecular weight is 309 g/mol. The van der Waals surface area contributed by atoms with Gasteiger partial charge in [-0.15, -0.1) is 0 Å². The second-order valence-corrected chi connectivity index (χ2v) is 7.55. The van der Waals surface area contributed by atoms with Crippen LogP contribution in [0.25, 0.3) is 0 Å². The number of hydrogen-bond donors (Lipinski definition) is 1. The van der Waals surface area contributed by atoms with E-state index in [0.29, 0.717) is 5.75 Å². The topological polar surface area (TPSA) is 61.5 Å². The molecule has 0 spiro atoms. The van der Waals surface area contributed by atoms with Crippen LogP contribution >= 0.6 is 0 Å². The third-order valence-electron chi connectivity index (χ3n) is 4.52. The van der Waals surface area contributed by atoms with Crippen LogP contribution in [-0.2, 0) is 22.0 Å². The molecule has 1 aromatic rings. The normalized spacial score (nSPS) is 29.9. The van der Waals surface area contributed by atoms with Gasteiger partial charge in [-0.3, -0.25) is 4.21 Å². The van der Waals surface area contributed by atoms with Crippen LogP contribution in [0.3, 0.4) is 0 Å². The van der Waals surface area contributed by atoms with Crippen molar-refractivity contribution in [3.63, 3.8) is 0 Å². The lowest BCUT2D eigenvalue weighted by molar-refractivity contribution is 0.128. The predicted molar refractivity (Wildman–Crippen MR) is 84.0 cm³/mol. The van der Waals surface area contributed by atoms with Gasteiger partial charge in [0.15, 0.2) is 0 Å². The summed E-state index contributed by atoms with van der Waals surface area (Å²) in [7, 11) is 0.749. The number of nitrogens with two attached hydrogens (primary N) is 1. The van der Waals surface area contributed by atoms with Gasteiger partial charge in [0.1, 0.15) is 5.75 Å². The summed E-state index contributed by atoms with van der Waals surface area (Å²) in [6.45, 7) is 0.807. The maximum absolute atomic E-state index is 12.6. The van der Waals surface area contributed by atoms with Gasteiger partial charge in [0.25, 0.3) is 0 Å². The van der Waals surface area contributed by atoms with Gasteiger partial charge in [-0.1, -0.05) is 6.07 Å². The molecule has 1 aliphatic carbocycles. The number of rotatable bonds is 4. The van der Waals surface area contributed by atoms with Crippen molar-refractivity contribution in [1.82, 2.24) is 0 Å². The number of benzene rings is 1. The van der Waals surface area contributed by atoms with Crippen LogP contribution in [-0.4, -0.2) is 35.0 Å². The van der Waals surface area contributed by atoms with Crippen LogP contribution in [0.4, 0.5) is 0 Å². The van der Waals surface area contributed by atoms with Gasteiger partial charge in [-0.2, -0.15) is 0 Å². The molecule has 0 aromatic heterocycles. The molecule has 0 saturated carbocycles. The Labute approximate surface area is 128 Å². The number of aryl methyl sites for hydroxylation is 1. The fraction of sp³-hybridized carbons (Fsp3) is 0.625. The van der Waals surface area contributed by atoms with Crippen molar-refractivity contribution in [2.45, 2.75) is 43.1 Å². The average Bonchev–Trinajstić information content (AvgIpc) is 3.00. The Kier molecular flexibility index (Phi) is 4.62. The third kappa shape index (κ3) is 3.15. The van der Waals surface area contributed by atoms with E-state index in [2.05, 4.69) is 6.07 Å². The SMILES string of the molecule is COc1ccc2c(c1)CCC(S(=O)CC1CCCO1)C2N. The molecule has 4 nitrogen and oxygen atoms in total. The lowest BCUT2D eigenvalue weighted by Gasteiger charge is -2.31. The van der Waals surface area contributed by atoms with E-state index in [1.165, 1.54) is 5.56 Å². The van der Waals surface area contributed by atoms with E-state index < -0.39 is 10.8 Å². The molecule has 2 N–H and O–H groups in total. The Morgan fingerprint density at radius 2 is 2.29 bits per heavy atom. The molecule has 0 amide bonds. The zero-order chi connectivity index (χ0) is 14.8. The van der Waals surface area contributed by atoms with Gasteiger partial charge in [0, 0.05) is 23.4 Å². The highest BCUT2D eigenvalue weighted by Crippen LogP contribution is 2.34. The Hall–Kier alpha value is -0.910. The van der Waals surface area contributed by atoms with E-state index in [0.717, 1.165) is 43.6 Å². The number of fused-ring (bicyclic) bond motifs is 1. The Balaban J connectivity index is 1.72. The molecule has 21 heavy (non-hydrogen) atoms. The fourth-order valence-electron chi connectivity index (χ4n) is 3.31. The molecule has 4 atom stereocenters. The molecule has 1 aliphatic heterocycles. The van der Waals surface area contributed by atoms with Crippen molar-refractivity contribution < 1.29 is 13.7 Å². The van der Waals surface area contributed by atoms with Crippen LogP contribution < -0.4 is 10.5 Å². The molecule has 116 valence electrons. The minimum Gasteiger partial charge on any atom is -0.497 e. The lowest BCUT2D eigenvalue weighted by atomic mass is 9.87. The highest BCUT2D eigenvalue weighted by molar-refractivity contribution is 7.85. The molecule has 2 aliphatic rings. The third-order valence-corrected chi connectivity index (χ3v) is 6.42. The first-order valence-corrected chi connectivity index (χ1v) is 8.98. The van der Waals surface area contributed by atoms with Crippen molar-refractivity contribution in [3.05, 3.63) is 29.3 Å². The summed E-state index contributed by atoms with van der Waals surface area (Å²) < 4.78 is 23.5. The zero-order valence-electron chi connectivity index (χ0n) is 12.4. The highest BCUT2D eigenvalue weighted by atomic mass is 32.2.